The van der Waals surface area contributed by atoms with Crippen LogP contribution in [-0.4, -0.2) is 73.4 Å². The smallest absolute Gasteiger partial charge is 0.319 e. The fourth-order valence-electron chi connectivity index (χ4n) is 3.86. The molecule has 2 aliphatic rings. The number of hydrogen-bond acceptors (Lipinski definition) is 7. The van der Waals surface area contributed by atoms with Gasteiger partial charge in [0.2, 0.25) is 5.90 Å². The minimum absolute atomic E-state index is 0.186. The molecule has 35 heavy (non-hydrogen) atoms. The van der Waals surface area contributed by atoms with E-state index in [0.717, 1.165) is 48.1 Å². The first-order valence-electron chi connectivity index (χ1n) is 12.2. The molecule has 186 valence electrons. The second-order valence-corrected chi connectivity index (χ2v) is 9.51. The summed E-state index contributed by atoms with van der Waals surface area (Å²) in [6.45, 7) is 4.82. The number of amides is 2. The number of nitrogens with zero attached hydrogens (tertiary/aromatic N) is 3. The van der Waals surface area contributed by atoms with Gasteiger partial charge in [-0.15, -0.1) is 22.0 Å². The van der Waals surface area contributed by atoms with E-state index in [-0.39, 0.29) is 6.03 Å². The van der Waals surface area contributed by atoms with E-state index in [1.54, 1.807) is 11.8 Å². The van der Waals surface area contributed by atoms with Gasteiger partial charge in [0.15, 0.2) is 0 Å². The fraction of sp³-hybridized carbons (Fsp3) is 0.423. The van der Waals surface area contributed by atoms with Gasteiger partial charge >= 0.3 is 6.03 Å². The molecule has 2 heterocycles. The van der Waals surface area contributed by atoms with Gasteiger partial charge in [-0.3, -0.25) is 0 Å². The molecule has 1 saturated heterocycles. The van der Waals surface area contributed by atoms with Crippen LogP contribution in [0.4, 0.5) is 10.5 Å². The van der Waals surface area contributed by atoms with Crippen LogP contribution in [0.1, 0.15) is 24.8 Å². The van der Waals surface area contributed by atoms with Crippen molar-refractivity contribution >= 4 is 35.1 Å². The van der Waals surface area contributed by atoms with Crippen LogP contribution in [0, 0.1) is 0 Å². The summed E-state index contributed by atoms with van der Waals surface area (Å²) in [5, 5.41) is 14.4. The predicted octanol–water partition coefficient (Wildman–Crippen LogP) is 4.24. The molecule has 2 amide bonds. The average Bonchev–Trinajstić information content (AvgIpc) is 2.91. The summed E-state index contributed by atoms with van der Waals surface area (Å²) in [6.07, 6.45) is 3.83. The van der Waals surface area contributed by atoms with Crippen LogP contribution in [0.3, 0.4) is 0 Å². The molecule has 4 rings (SSSR count). The van der Waals surface area contributed by atoms with Gasteiger partial charge in [0.05, 0.1) is 12.4 Å². The number of thioether (sulfide) groups is 1. The summed E-state index contributed by atoms with van der Waals surface area (Å²) in [6, 6.07) is 17.2. The molecule has 0 bridgehead atoms. The van der Waals surface area contributed by atoms with Crippen LogP contribution in [-0.2, 0) is 4.74 Å². The summed E-state index contributed by atoms with van der Waals surface area (Å²) >= 11 is 1.70. The van der Waals surface area contributed by atoms with Crippen molar-refractivity contribution in [3.05, 3.63) is 60.2 Å². The summed E-state index contributed by atoms with van der Waals surface area (Å²) in [4.78, 5) is 14.6. The zero-order chi connectivity index (χ0) is 24.1. The number of hydrogen-bond donors (Lipinski definition) is 2. The van der Waals surface area contributed by atoms with E-state index < -0.39 is 0 Å². The SMILES string of the molecule is O=C(NCCN1CCCCC1)Nc1ccc(C2=NN=C(CSCCOc3ccccc3)OC2)cc1. The van der Waals surface area contributed by atoms with Crippen molar-refractivity contribution in [2.45, 2.75) is 19.3 Å². The number of anilines is 1. The van der Waals surface area contributed by atoms with Crippen LogP contribution in [0.25, 0.3) is 0 Å². The molecule has 0 radical (unpaired) electrons. The maximum absolute atomic E-state index is 12.2. The van der Waals surface area contributed by atoms with Gasteiger partial charge in [0.1, 0.15) is 18.1 Å². The minimum Gasteiger partial charge on any atom is -0.493 e. The van der Waals surface area contributed by atoms with Gasteiger partial charge in [-0.1, -0.05) is 36.8 Å². The largest absolute Gasteiger partial charge is 0.493 e. The topological polar surface area (TPSA) is 87.6 Å². The van der Waals surface area contributed by atoms with Gasteiger partial charge in [-0.25, -0.2) is 4.79 Å². The molecule has 0 aliphatic carbocycles. The van der Waals surface area contributed by atoms with Crippen LogP contribution >= 0.6 is 11.8 Å². The van der Waals surface area contributed by atoms with E-state index in [1.165, 1.54) is 19.3 Å². The number of rotatable bonds is 11. The number of nitrogens with one attached hydrogen (secondary N) is 2. The molecule has 2 N–H and O–H groups in total. The van der Waals surface area contributed by atoms with Crippen LogP contribution in [0.15, 0.2) is 64.8 Å². The Bertz CT molecular complexity index is 992. The lowest BCUT2D eigenvalue weighted by Crippen LogP contribution is -2.39. The third-order valence-corrected chi connectivity index (χ3v) is 6.67. The molecule has 9 heteroatoms. The third kappa shape index (κ3) is 8.60. The number of urea groups is 1. The minimum atomic E-state index is -0.186. The molecule has 0 saturated carbocycles. The number of likely N-dealkylation sites (tertiary alicyclic amines) is 1. The van der Waals surface area contributed by atoms with Crippen molar-refractivity contribution in [2.75, 3.05) is 56.2 Å². The molecule has 8 nitrogen and oxygen atoms in total. The van der Waals surface area contributed by atoms with Gasteiger partial charge < -0.3 is 25.0 Å². The molecule has 2 aliphatic heterocycles. The van der Waals surface area contributed by atoms with Crippen molar-refractivity contribution in [3.8, 4) is 5.75 Å². The molecule has 0 unspecified atom stereocenters. The molecule has 0 spiro atoms. The van der Waals surface area contributed by atoms with E-state index in [4.69, 9.17) is 9.47 Å². The van der Waals surface area contributed by atoms with Crippen molar-refractivity contribution < 1.29 is 14.3 Å². The quantitative estimate of drug-likeness (QED) is 0.456. The van der Waals surface area contributed by atoms with Gasteiger partial charge in [-0.05, 0) is 50.2 Å². The number of carbonyl (C=O) groups excluding carboxylic acids is 1. The Labute approximate surface area is 211 Å². The molecule has 2 aromatic rings. The van der Waals surface area contributed by atoms with E-state index >= 15 is 0 Å². The highest BCUT2D eigenvalue weighted by molar-refractivity contribution is 7.99. The first-order chi connectivity index (χ1) is 17.3. The highest BCUT2D eigenvalue weighted by atomic mass is 32.2. The third-order valence-electron chi connectivity index (χ3n) is 5.76. The lowest BCUT2D eigenvalue weighted by Gasteiger charge is -2.26. The zero-order valence-corrected chi connectivity index (χ0v) is 20.8. The standard InChI is InChI=1S/C26H33N5O3S/c32-26(27-13-16-31-14-5-2-6-15-31)28-22-11-9-21(10-12-22)24-19-34-25(30-29-24)20-35-18-17-33-23-7-3-1-4-8-23/h1,3-4,7-12H,2,5-6,13-20H2,(H2,27,28,32). The number of ether oxygens (including phenoxy) is 2. The van der Waals surface area contributed by atoms with Crippen LogP contribution in [0.2, 0.25) is 0 Å². The average molecular weight is 496 g/mol. The molecular formula is C26H33N5O3S. The van der Waals surface area contributed by atoms with Crippen molar-refractivity contribution in [1.29, 1.82) is 0 Å². The van der Waals surface area contributed by atoms with Crippen molar-refractivity contribution in [1.82, 2.24) is 10.2 Å². The van der Waals surface area contributed by atoms with Crippen LogP contribution < -0.4 is 15.4 Å². The highest BCUT2D eigenvalue weighted by Crippen LogP contribution is 2.14. The van der Waals surface area contributed by atoms with Gasteiger partial charge in [-0.2, -0.15) is 0 Å². The Morgan fingerprint density at radius 3 is 2.57 bits per heavy atom. The maximum Gasteiger partial charge on any atom is 0.319 e. The number of para-hydroxylation sites is 1. The molecule has 2 aromatic carbocycles. The second kappa shape index (κ2) is 13.7. The Balaban J connectivity index is 1.14. The fourth-order valence-corrected chi connectivity index (χ4v) is 4.52. The van der Waals surface area contributed by atoms with Crippen molar-refractivity contribution in [3.63, 3.8) is 0 Å². The lowest BCUT2D eigenvalue weighted by molar-refractivity contribution is 0.224. The van der Waals surface area contributed by atoms with E-state index in [2.05, 4.69) is 25.7 Å². The van der Waals surface area contributed by atoms with Gasteiger partial charge in [0, 0.05) is 30.1 Å². The normalized spacial score (nSPS) is 16.0. The summed E-state index contributed by atoms with van der Waals surface area (Å²) in [7, 11) is 0. The Hall–Kier alpha value is -3.04. The van der Waals surface area contributed by atoms with Crippen molar-refractivity contribution in [2.24, 2.45) is 10.2 Å². The van der Waals surface area contributed by atoms with E-state index in [1.807, 2.05) is 54.6 Å². The van der Waals surface area contributed by atoms with Gasteiger partial charge in [0.25, 0.3) is 0 Å². The number of carbonyl (C=O) groups is 1. The maximum atomic E-state index is 12.2. The monoisotopic (exact) mass is 495 g/mol. The Morgan fingerprint density at radius 1 is 1.03 bits per heavy atom. The summed E-state index contributed by atoms with van der Waals surface area (Å²) in [5.74, 6) is 3.00. The second-order valence-electron chi connectivity index (χ2n) is 8.40. The summed E-state index contributed by atoms with van der Waals surface area (Å²) in [5.41, 5.74) is 2.43. The molecule has 1 fully saturated rings. The first kappa shape index (κ1) is 25.1. The zero-order valence-electron chi connectivity index (χ0n) is 19.9. The number of benzene rings is 2. The summed E-state index contributed by atoms with van der Waals surface area (Å²) < 4.78 is 11.5. The molecular weight excluding hydrogens is 462 g/mol. The molecule has 0 atom stereocenters. The molecule has 0 aromatic heterocycles. The van der Waals surface area contributed by atoms with Crippen LogP contribution in [0.5, 0.6) is 5.75 Å². The van der Waals surface area contributed by atoms with E-state index in [0.29, 0.717) is 31.4 Å². The Kier molecular flexibility index (Phi) is 9.85. The Morgan fingerprint density at radius 2 is 1.83 bits per heavy atom. The predicted molar refractivity (Wildman–Crippen MR) is 143 cm³/mol. The number of piperidine rings is 1. The highest BCUT2D eigenvalue weighted by Gasteiger charge is 2.14. The van der Waals surface area contributed by atoms with E-state index in [9.17, 15) is 4.79 Å². The first-order valence-corrected chi connectivity index (χ1v) is 13.3. The lowest BCUT2D eigenvalue weighted by atomic mass is 10.1.